The summed E-state index contributed by atoms with van der Waals surface area (Å²) in [6.45, 7) is 0.816. The highest BCUT2D eigenvalue weighted by Crippen LogP contribution is 2.21. The number of benzene rings is 2. The summed E-state index contributed by atoms with van der Waals surface area (Å²) in [5, 5.41) is 1.87. The van der Waals surface area contributed by atoms with Crippen molar-refractivity contribution in [1.82, 2.24) is 4.90 Å². The zero-order valence-corrected chi connectivity index (χ0v) is 12.2. The van der Waals surface area contributed by atoms with Crippen LogP contribution in [-0.2, 0) is 4.74 Å². The molecular formula is C17H18N2O3. The van der Waals surface area contributed by atoms with E-state index in [1.807, 2.05) is 36.4 Å². The molecule has 1 fully saturated rings. The van der Waals surface area contributed by atoms with E-state index in [-0.39, 0.29) is 18.6 Å². The topological polar surface area (TPSA) is 72.6 Å². The molecule has 2 aromatic rings. The molecule has 0 spiro atoms. The minimum Gasteiger partial charge on any atom is -0.460 e. The molecule has 1 atom stereocenters. The number of carbonyl (C=O) groups excluding carboxylic acids is 2. The molecule has 5 nitrogen and oxygen atoms in total. The van der Waals surface area contributed by atoms with Gasteiger partial charge in [0.1, 0.15) is 6.61 Å². The Morgan fingerprint density at radius 1 is 1.18 bits per heavy atom. The standard InChI is InChI=1S/C17H18N2O3/c18-17(21)19-10-4-7-13(19)11-22-16(20)15-9-3-6-12-5-1-2-8-14(12)15/h1-3,5-6,8-9,13H,4,7,10-11H2,(H2,18,21)/t13-/m1/s1. The molecule has 0 unspecified atom stereocenters. The van der Waals surface area contributed by atoms with Crippen molar-refractivity contribution in [2.75, 3.05) is 13.2 Å². The fourth-order valence-electron chi connectivity index (χ4n) is 2.95. The summed E-state index contributed by atoms with van der Waals surface area (Å²) in [5.74, 6) is -0.367. The smallest absolute Gasteiger partial charge is 0.338 e. The Labute approximate surface area is 128 Å². The van der Waals surface area contributed by atoms with E-state index in [2.05, 4.69) is 0 Å². The maximum atomic E-state index is 12.3. The van der Waals surface area contributed by atoms with E-state index in [9.17, 15) is 9.59 Å². The van der Waals surface area contributed by atoms with Crippen LogP contribution in [0.15, 0.2) is 42.5 Å². The van der Waals surface area contributed by atoms with E-state index in [0.717, 1.165) is 23.6 Å². The summed E-state index contributed by atoms with van der Waals surface area (Å²) in [4.78, 5) is 25.2. The first-order chi connectivity index (χ1) is 10.7. The van der Waals surface area contributed by atoms with Crippen molar-refractivity contribution in [2.45, 2.75) is 18.9 Å². The van der Waals surface area contributed by atoms with Gasteiger partial charge in [-0.2, -0.15) is 0 Å². The van der Waals surface area contributed by atoms with Crippen LogP contribution in [0.5, 0.6) is 0 Å². The zero-order chi connectivity index (χ0) is 15.5. The minimum absolute atomic E-state index is 0.114. The molecule has 2 aromatic carbocycles. The molecule has 1 aliphatic rings. The summed E-state index contributed by atoms with van der Waals surface area (Å²) in [5.41, 5.74) is 5.87. The van der Waals surface area contributed by atoms with Crippen LogP contribution in [0.25, 0.3) is 10.8 Å². The third-order valence-electron chi connectivity index (χ3n) is 4.08. The molecule has 1 heterocycles. The highest BCUT2D eigenvalue weighted by Gasteiger charge is 2.28. The van der Waals surface area contributed by atoms with Gasteiger partial charge in [0.2, 0.25) is 0 Å². The Morgan fingerprint density at radius 2 is 1.95 bits per heavy atom. The molecule has 0 aliphatic carbocycles. The number of esters is 1. The second kappa shape index (κ2) is 6.05. The zero-order valence-electron chi connectivity index (χ0n) is 12.2. The Morgan fingerprint density at radius 3 is 2.77 bits per heavy atom. The van der Waals surface area contributed by atoms with Crippen molar-refractivity contribution in [2.24, 2.45) is 5.73 Å². The number of urea groups is 1. The van der Waals surface area contributed by atoms with Crippen molar-refractivity contribution in [1.29, 1.82) is 0 Å². The SMILES string of the molecule is NC(=O)N1CCC[C@@H]1COC(=O)c1cccc2ccccc12. The molecule has 1 saturated heterocycles. The first-order valence-electron chi connectivity index (χ1n) is 7.38. The third-order valence-corrected chi connectivity index (χ3v) is 4.08. The van der Waals surface area contributed by atoms with Crippen LogP contribution in [0.3, 0.4) is 0 Å². The van der Waals surface area contributed by atoms with Crippen LogP contribution >= 0.6 is 0 Å². The second-order valence-electron chi connectivity index (χ2n) is 5.45. The molecule has 0 bridgehead atoms. The Balaban J connectivity index is 1.73. The van der Waals surface area contributed by atoms with Crippen molar-refractivity contribution < 1.29 is 14.3 Å². The van der Waals surface area contributed by atoms with E-state index < -0.39 is 6.03 Å². The molecule has 2 amide bonds. The lowest BCUT2D eigenvalue weighted by molar-refractivity contribution is 0.0424. The van der Waals surface area contributed by atoms with Crippen LogP contribution in [0.2, 0.25) is 0 Å². The second-order valence-corrected chi connectivity index (χ2v) is 5.45. The molecular weight excluding hydrogens is 280 g/mol. The summed E-state index contributed by atoms with van der Waals surface area (Å²) in [6.07, 6.45) is 1.70. The molecule has 0 aromatic heterocycles. The van der Waals surface area contributed by atoms with Gasteiger partial charge in [0.15, 0.2) is 0 Å². The molecule has 3 rings (SSSR count). The normalized spacial score (nSPS) is 17.6. The predicted octanol–water partition coefficient (Wildman–Crippen LogP) is 2.54. The summed E-state index contributed by atoms with van der Waals surface area (Å²) >= 11 is 0. The summed E-state index contributed by atoms with van der Waals surface area (Å²) < 4.78 is 5.41. The highest BCUT2D eigenvalue weighted by atomic mass is 16.5. The fraction of sp³-hybridized carbons (Fsp3) is 0.294. The lowest BCUT2D eigenvalue weighted by Gasteiger charge is -2.22. The summed E-state index contributed by atoms with van der Waals surface area (Å²) in [6, 6.07) is 12.7. The van der Waals surface area contributed by atoms with Crippen LogP contribution in [0, 0.1) is 0 Å². The number of ether oxygens (including phenoxy) is 1. The number of primary amides is 1. The first kappa shape index (κ1) is 14.4. The molecule has 22 heavy (non-hydrogen) atoms. The Kier molecular flexibility index (Phi) is 3.96. The van der Waals surface area contributed by atoms with Crippen molar-refractivity contribution in [3.63, 3.8) is 0 Å². The van der Waals surface area contributed by atoms with Gasteiger partial charge in [0, 0.05) is 6.54 Å². The molecule has 2 N–H and O–H groups in total. The first-order valence-corrected chi connectivity index (χ1v) is 7.38. The molecule has 0 radical (unpaired) electrons. The third kappa shape index (κ3) is 2.74. The van der Waals surface area contributed by atoms with E-state index in [1.165, 1.54) is 0 Å². The molecule has 0 saturated carbocycles. The number of likely N-dealkylation sites (tertiary alicyclic amines) is 1. The van der Waals surface area contributed by atoms with Crippen LogP contribution in [-0.4, -0.2) is 36.1 Å². The predicted molar refractivity (Wildman–Crippen MR) is 83.5 cm³/mol. The number of nitrogens with zero attached hydrogens (tertiary/aromatic N) is 1. The van der Waals surface area contributed by atoms with E-state index in [4.69, 9.17) is 10.5 Å². The number of hydrogen-bond donors (Lipinski definition) is 1. The number of fused-ring (bicyclic) bond motifs is 1. The fourth-order valence-corrected chi connectivity index (χ4v) is 2.95. The van der Waals surface area contributed by atoms with Crippen LogP contribution < -0.4 is 5.73 Å². The van der Waals surface area contributed by atoms with Gasteiger partial charge in [-0.3, -0.25) is 0 Å². The highest BCUT2D eigenvalue weighted by molar-refractivity contribution is 6.04. The lowest BCUT2D eigenvalue weighted by Crippen LogP contribution is -2.41. The van der Waals surface area contributed by atoms with Gasteiger partial charge in [-0.25, -0.2) is 9.59 Å². The number of rotatable bonds is 3. The lowest BCUT2D eigenvalue weighted by atomic mass is 10.0. The maximum absolute atomic E-state index is 12.3. The van der Waals surface area contributed by atoms with Gasteiger partial charge < -0.3 is 15.4 Å². The molecule has 114 valence electrons. The number of hydrogen-bond acceptors (Lipinski definition) is 3. The van der Waals surface area contributed by atoms with Crippen molar-refractivity contribution >= 4 is 22.8 Å². The van der Waals surface area contributed by atoms with E-state index in [1.54, 1.807) is 11.0 Å². The molecule has 5 heteroatoms. The summed E-state index contributed by atoms with van der Waals surface area (Å²) in [7, 11) is 0. The van der Waals surface area contributed by atoms with Gasteiger partial charge >= 0.3 is 12.0 Å². The Hall–Kier alpha value is -2.56. The average Bonchev–Trinajstić information content (AvgIpc) is 3.01. The van der Waals surface area contributed by atoms with Crippen LogP contribution in [0.4, 0.5) is 4.79 Å². The number of amides is 2. The quantitative estimate of drug-likeness (QED) is 0.885. The minimum atomic E-state index is -0.455. The number of nitrogens with two attached hydrogens (primary N) is 1. The maximum Gasteiger partial charge on any atom is 0.338 e. The molecule has 1 aliphatic heterocycles. The van der Waals surface area contributed by atoms with Crippen molar-refractivity contribution in [3.8, 4) is 0 Å². The van der Waals surface area contributed by atoms with Crippen molar-refractivity contribution in [3.05, 3.63) is 48.0 Å². The van der Waals surface area contributed by atoms with Gasteiger partial charge in [0.25, 0.3) is 0 Å². The van der Waals surface area contributed by atoms with Crippen LogP contribution in [0.1, 0.15) is 23.2 Å². The van der Waals surface area contributed by atoms with Gasteiger partial charge in [-0.1, -0.05) is 36.4 Å². The Bertz CT molecular complexity index is 709. The van der Waals surface area contributed by atoms with Gasteiger partial charge in [-0.15, -0.1) is 0 Å². The number of carbonyl (C=O) groups is 2. The van der Waals surface area contributed by atoms with Gasteiger partial charge in [-0.05, 0) is 29.7 Å². The monoisotopic (exact) mass is 298 g/mol. The van der Waals surface area contributed by atoms with E-state index >= 15 is 0 Å². The van der Waals surface area contributed by atoms with E-state index in [0.29, 0.717) is 12.1 Å². The average molecular weight is 298 g/mol. The largest absolute Gasteiger partial charge is 0.460 e. The van der Waals surface area contributed by atoms with Gasteiger partial charge in [0.05, 0.1) is 11.6 Å².